The number of nitrogens with one attached hydrogen (secondary N) is 1. The fraction of sp³-hybridized carbons (Fsp3) is 0.500. The molecule has 0 atom stereocenters. The van der Waals surface area contributed by atoms with Crippen LogP contribution in [0.4, 0.5) is 19.0 Å². The maximum atomic E-state index is 13.1. The third kappa shape index (κ3) is 3.01. The first-order valence-electron chi connectivity index (χ1n) is 8.68. The summed E-state index contributed by atoms with van der Waals surface area (Å²) in [4.78, 5) is 0. The lowest BCUT2D eigenvalue weighted by Gasteiger charge is -2.20. The smallest absolute Gasteiger partial charge is 0.369 e. The molecule has 0 saturated heterocycles. The summed E-state index contributed by atoms with van der Waals surface area (Å²) in [5.74, 6) is 1.19. The minimum Gasteiger partial charge on any atom is -0.369 e. The van der Waals surface area contributed by atoms with E-state index in [1.54, 1.807) is 4.68 Å². The summed E-state index contributed by atoms with van der Waals surface area (Å²) in [5, 5.41) is 8.25. The van der Waals surface area contributed by atoms with Crippen LogP contribution < -0.4 is 5.32 Å². The van der Waals surface area contributed by atoms with Crippen molar-refractivity contribution >= 4 is 17.4 Å². The van der Waals surface area contributed by atoms with Crippen molar-refractivity contribution in [3.05, 3.63) is 40.0 Å². The lowest BCUT2D eigenvalue weighted by atomic mass is 9.85. The van der Waals surface area contributed by atoms with Gasteiger partial charge in [0.1, 0.15) is 5.82 Å². The monoisotopic (exact) mass is 369 g/mol. The lowest BCUT2D eigenvalue weighted by Crippen LogP contribution is -2.11. The van der Waals surface area contributed by atoms with E-state index in [-0.39, 0.29) is 10.7 Å². The lowest BCUT2D eigenvalue weighted by molar-refractivity contribution is -0.137. The number of hydrogen-bond acceptors (Lipinski definition) is 2. The van der Waals surface area contributed by atoms with Gasteiger partial charge in [-0.3, -0.25) is 0 Å². The molecular weight excluding hydrogens is 351 g/mol. The van der Waals surface area contributed by atoms with Crippen LogP contribution in [-0.2, 0) is 12.6 Å². The van der Waals surface area contributed by atoms with Crippen LogP contribution in [0.5, 0.6) is 0 Å². The molecule has 2 heterocycles. The van der Waals surface area contributed by atoms with Gasteiger partial charge in [0.2, 0.25) is 0 Å². The zero-order valence-electron chi connectivity index (χ0n) is 13.7. The Morgan fingerprint density at radius 2 is 1.92 bits per heavy atom. The Morgan fingerprint density at radius 3 is 2.64 bits per heavy atom. The number of benzene rings is 1. The Morgan fingerprint density at radius 1 is 1.16 bits per heavy atom. The number of halogens is 4. The number of rotatable bonds is 2. The van der Waals surface area contributed by atoms with Gasteiger partial charge in [0.25, 0.3) is 0 Å². The molecule has 0 amide bonds. The number of aromatic nitrogens is 2. The van der Waals surface area contributed by atoms with Crippen molar-refractivity contribution < 1.29 is 13.2 Å². The van der Waals surface area contributed by atoms with E-state index < -0.39 is 11.7 Å². The molecule has 0 spiro atoms. The van der Waals surface area contributed by atoms with Crippen molar-refractivity contribution in [3.63, 3.8) is 0 Å². The van der Waals surface area contributed by atoms with Crippen LogP contribution in [0.15, 0.2) is 18.2 Å². The van der Waals surface area contributed by atoms with Crippen LogP contribution in [0.3, 0.4) is 0 Å². The Bertz CT molecular complexity index is 792. The Kier molecular flexibility index (Phi) is 4.18. The van der Waals surface area contributed by atoms with Crippen molar-refractivity contribution in [2.45, 2.75) is 50.6 Å². The van der Waals surface area contributed by atoms with Gasteiger partial charge in [-0.05, 0) is 37.5 Å². The molecule has 1 aromatic carbocycles. The second-order valence-corrected chi connectivity index (χ2v) is 7.21. The second kappa shape index (κ2) is 6.24. The van der Waals surface area contributed by atoms with Crippen molar-refractivity contribution in [1.82, 2.24) is 9.78 Å². The van der Waals surface area contributed by atoms with E-state index in [4.69, 9.17) is 16.7 Å². The van der Waals surface area contributed by atoms with Crippen LogP contribution in [0.2, 0.25) is 5.02 Å². The van der Waals surface area contributed by atoms with Gasteiger partial charge in [0, 0.05) is 18.0 Å². The van der Waals surface area contributed by atoms with Gasteiger partial charge in [0.15, 0.2) is 0 Å². The molecule has 2 aliphatic rings. The standard InChI is InChI=1S/C18H19ClF3N3/c19-14-7-6-12(18(20,21)22)10-15(14)25-17-13(8-9-23-17)16(24-25)11-4-2-1-3-5-11/h6-7,10-11,23H,1-5,8-9H2. The number of hydrogen-bond donors (Lipinski definition) is 1. The summed E-state index contributed by atoms with van der Waals surface area (Å²) < 4.78 is 40.9. The molecule has 1 saturated carbocycles. The molecule has 0 bridgehead atoms. The highest BCUT2D eigenvalue weighted by atomic mass is 35.5. The molecule has 1 aromatic heterocycles. The number of nitrogens with zero attached hydrogens (tertiary/aromatic N) is 2. The predicted octanol–water partition coefficient (Wildman–Crippen LogP) is 5.56. The van der Waals surface area contributed by atoms with Gasteiger partial charge in [-0.2, -0.15) is 18.3 Å². The molecule has 1 aliphatic carbocycles. The maximum Gasteiger partial charge on any atom is 0.416 e. The minimum atomic E-state index is -4.41. The quantitative estimate of drug-likeness (QED) is 0.751. The number of anilines is 1. The summed E-state index contributed by atoms with van der Waals surface area (Å²) in [6, 6.07) is 3.38. The fourth-order valence-electron chi connectivity index (χ4n) is 3.93. The van der Waals surface area contributed by atoms with Crippen molar-refractivity contribution in [2.75, 3.05) is 11.9 Å². The van der Waals surface area contributed by atoms with Gasteiger partial charge in [-0.25, -0.2) is 4.68 Å². The van der Waals surface area contributed by atoms with Crippen molar-refractivity contribution in [1.29, 1.82) is 0 Å². The Hall–Kier alpha value is -1.69. The van der Waals surface area contributed by atoms with E-state index in [0.29, 0.717) is 5.92 Å². The first-order chi connectivity index (χ1) is 11.9. The van der Waals surface area contributed by atoms with E-state index in [1.807, 2.05) is 0 Å². The van der Waals surface area contributed by atoms with Crippen molar-refractivity contribution in [3.8, 4) is 5.69 Å². The van der Waals surface area contributed by atoms with Gasteiger partial charge < -0.3 is 5.32 Å². The van der Waals surface area contributed by atoms with Crippen LogP contribution in [0, 0.1) is 0 Å². The molecular formula is C18H19ClF3N3. The van der Waals surface area contributed by atoms with Gasteiger partial charge in [0.05, 0.1) is 22.0 Å². The molecule has 0 unspecified atom stereocenters. The third-order valence-electron chi connectivity index (χ3n) is 5.18. The molecule has 1 aliphatic heterocycles. The average molecular weight is 370 g/mol. The molecule has 7 heteroatoms. The van der Waals surface area contributed by atoms with E-state index in [9.17, 15) is 13.2 Å². The predicted molar refractivity (Wildman–Crippen MR) is 91.6 cm³/mol. The summed E-state index contributed by atoms with van der Waals surface area (Å²) in [6.45, 7) is 0.781. The SMILES string of the molecule is FC(F)(F)c1ccc(Cl)c(-n2nc(C3CCCCC3)c3c2NCC3)c1. The second-order valence-electron chi connectivity index (χ2n) is 6.80. The highest BCUT2D eigenvalue weighted by Gasteiger charge is 2.33. The van der Waals surface area contributed by atoms with E-state index >= 15 is 0 Å². The highest BCUT2D eigenvalue weighted by molar-refractivity contribution is 6.32. The van der Waals surface area contributed by atoms with Crippen molar-refractivity contribution in [2.24, 2.45) is 0 Å². The highest BCUT2D eigenvalue weighted by Crippen LogP contribution is 2.40. The van der Waals surface area contributed by atoms with E-state index in [0.717, 1.165) is 55.0 Å². The normalized spacial score (nSPS) is 18.2. The largest absolute Gasteiger partial charge is 0.416 e. The maximum absolute atomic E-state index is 13.1. The summed E-state index contributed by atoms with van der Waals surface area (Å²) >= 11 is 6.22. The van der Waals surface area contributed by atoms with Gasteiger partial charge in [-0.15, -0.1) is 0 Å². The third-order valence-corrected chi connectivity index (χ3v) is 5.50. The topological polar surface area (TPSA) is 29.9 Å². The molecule has 134 valence electrons. The first-order valence-corrected chi connectivity index (χ1v) is 9.06. The summed E-state index contributed by atoms with van der Waals surface area (Å²) in [5.41, 5.74) is 1.74. The van der Waals surface area contributed by atoms with E-state index in [1.165, 1.54) is 25.3 Å². The molecule has 0 radical (unpaired) electrons. The summed E-state index contributed by atoms with van der Waals surface area (Å²) in [7, 11) is 0. The zero-order valence-corrected chi connectivity index (χ0v) is 14.4. The van der Waals surface area contributed by atoms with Crippen LogP contribution in [0.1, 0.15) is 54.8 Å². The van der Waals surface area contributed by atoms with Gasteiger partial charge in [-0.1, -0.05) is 30.9 Å². The Labute approximate surface area is 149 Å². The number of alkyl halides is 3. The molecule has 1 N–H and O–H groups in total. The number of fused-ring (bicyclic) bond motifs is 1. The zero-order chi connectivity index (χ0) is 17.6. The van der Waals surface area contributed by atoms with Gasteiger partial charge >= 0.3 is 6.18 Å². The molecule has 1 fully saturated rings. The molecule has 2 aromatic rings. The van der Waals surface area contributed by atoms with E-state index in [2.05, 4.69) is 5.32 Å². The average Bonchev–Trinajstić information content (AvgIpc) is 3.17. The first kappa shape index (κ1) is 16.8. The molecule has 25 heavy (non-hydrogen) atoms. The minimum absolute atomic E-state index is 0.266. The van der Waals surface area contributed by atoms with Crippen LogP contribution in [-0.4, -0.2) is 16.3 Å². The van der Waals surface area contributed by atoms with Crippen LogP contribution >= 0.6 is 11.6 Å². The summed E-state index contributed by atoms with van der Waals surface area (Å²) in [6.07, 6.45) is 2.26. The van der Waals surface area contributed by atoms with Crippen LogP contribution in [0.25, 0.3) is 5.69 Å². The molecule has 4 rings (SSSR count). The Balaban J connectivity index is 1.81. The fourth-order valence-corrected chi connectivity index (χ4v) is 4.13. The molecule has 3 nitrogen and oxygen atoms in total.